The highest BCUT2D eigenvalue weighted by atomic mass is 79.9. The molecule has 0 fully saturated rings. The van der Waals surface area contributed by atoms with Crippen molar-refractivity contribution in [2.75, 3.05) is 12.4 Å². The van der Waals surface area contributed by atoms with Crippen LogP contribution in [0, 0.1) is 0 Å². The molecule has 0 aliphatic heterocycles. The molecule has 1 unspecified atom stereocenters. The predicted octanol–water partition coefficient (Wildman–Crippen LogP) is 4.17. The van der Waals surface area contributed by atoms with Crippen LogP contribution in [-0.4, -0.2) is 17.5 Å². The SMILES string of the molecule is COC(C)(CBr)c1cc(Br)c(O)c(Br)c1. The lowest BCUT2D eigenvalue weighted by molar-refractivity contribution is 0.0247. The first kappa shape index (κ1) is 13.5. The Bertz CT molecular complexity index is 339. The molecule has 0 bridgehead atoms. The van der Waals surface area contributed by atoms with Crippen LogP contribution in [-0.2, 0) is 10.3 Å². The minimum absolute atomic E-state index is 0.201. The van der Waals surface area contributed by atoms with Gasteiger partial charge in [-0.1, -0.05) is 15.9 Å². The number of ether oxygens (including phenoxy) is 1. The minimum Gasteiger partial charge on any atom is -0.506 e. The first-order valence-corrected chi connectivity index (χ1v) is 6.95. The molecule has 0 aliphatic rings. The fraction of sp³-hybridized carbons (Fsp3) is 0.400. The summed E-state index contributed by atoms with van der Waals surface area (Å²) in [5, 5.41) is 10.3. The molecule has 0 spiro atoms. The number of methoxy groups -OCH3 is 1. The second-order valence-electron chi connectivity index (χ2n) is 3.36. The van der Waals surface area contributed by atoms with E-state index in [1.165, 1.54) is 0 Å². The number of alkyl halides is 1. The molecular weight excluding hydrogens is 392 g/mol. The third kappa shape index (κ3) is 2.75. The molecular formula is C10H11Br3O2. The van der Waals surface area contributed by atoms with Gasteiger partial charge >= 0.3 is 0 Å². The van der Waals surface area contributed by atoms with Crippen LogP contribution in [0.25, 0.3) is 0 Å². The maximum absolute atomic E-state index is 9.60. The van der Waals surface area contributed by atoms with Crippen molar-refractivity contribution in [3.8, 4) is 5.75 Å². The molecule has 0 amide bonds. The van der Waals surface area contributed by atoms with Gasteiger partial charge in [-0.3, -0.25) is 0 Å². The molecule has 0 aromatic heterocycles. The Hall–Kier alpha value is 0.420. The van der Waals surface area contributed by atoms with Crippen LogP contribution in [0.4, 0.5) is 0 Å². The van der Waals surface area contributed by atoms with Gasteiger partial charge in [-0.2, -0.15) is 0 Å². The number of hydrogen-bond donors (Lipinski definition) is 1. The Balaban J connectivity index is 3.27. The van der Waals surface area contributed by atoms with E-state index in [0.29, 0.717) is 14.3 Å². The number of halogens is 3. The van der Waals surface area contributed by atoms with E-state index in [1.807, 2.05) is 19.1 Å². The molecule has 1 N–H and O–H groups in total. The Morgan fingerprint density at radius 2 is 1.80 bits per heavy atom. The van der Waals surface area contributed by atoms with Crippen LogP contribution >= 0.6 is 47.8 Å². The van der Waals surface area contributed by atoms with Crippen molar-refractivity contribution >= 4 is 47.8 Å². The van der Waals surface area contributed by atoms with E-state index in [9.17, 15) is 5.11 Å². The van der Waals surface area contributed by atoms with E-state index in [2.05, 4.69) is 47.8 Å². The lowest BCUT2D eigenvalue weighted by Gasteiger charge is -2.27. The molecule has 0 aliphatic carbocycles. The Morgan fingerprint density at radius 1 is 1.33 bits per heavy atom. The summed E-state index contributed by atoms with van der Waals surface area (Å²) in [7, 11) is 1.66. The molecule has 1 rings (SSSR count). The second kappa shape index (κ2) is 5.17. The molecule has 2 nitrogen and oxygen atoms in total. The zero-order valence-electron chi connectivity index (χ0n) is 8.35. The second-order valence-corrected chi connectivity index (χ2v) is 5.63. The predicted molar refractivity (Wildman–Crippen MR) is 71.7 cm³/mol. The number of benzene rings is 1. The van der Waals surface area contributed by atoms with E-state index in [-0.39, 0.29) is 5.75 Å². The maximum Gasteiger partial charge on any atom is 0.143 e. The molecule has 1 aromatic carbocycles. The molecule has 0 saturated carbocycles. The van der Waals surface area contributed by atoms with Crippen molar-refractivity contribution in [3.63, 3.8) is 0 Å². The summed E-state index contributed by atoms with van der Waals surface area (Å²) in [4.78, 5) is 0. The Labute approximate surface area is 114 Å². The third-order valence-corrected chi connectivity index (χ3v) is 4.61. The van der Waals surface area contributed by atoms with Crippen LogP contribution < -0.4 is 0 Å². The van der Waals surface area contributed by atoms with Crippen LogP contribution in [0.5, 0.6) is 5.75 Å². The molecule has 0 saturated heterocycles. The van der Waals surface area contributed by atoms with Crippen molar-refractivity contribution in [3.05, 3.63) is 26.6 Å². The summed E-state index contributed by atoms with van der Waals surface area (Å²) in [5.41, 5.74) is 0.581. The molecule has 1 atom stereocenters. The van der Waals surface area contributed by atoms with E-state index < -0.39 is 5.60 Å². The average Bonchev–Trinajstić information content (AvgIpc) is 2.24. The normalized spacial score (nSPS) is 15.0. The van der Waals surface area contributed by atoms with Crippen molar-refractivity contribution in [2.45, 2.75) is 12.5 Å². The van der Waals surface area contributed by atoms with Gasteiger partial charge in [0.1, 0.15) is 5.75 Å². The van der Waals surface area contributed by atoms with Crippen molar-refractivity contribution < 1.29 is 9.84 Å². The summed E-state index contributed by atoms with van der Waals surface area (Å²) < 4.78 is 6.75. The van der Waals surface area contributed by atoms with Gasteiger partial charge in [0.25, 0.3) is 0 Å². The van der Waals surface area contributed by atoms with Gasteiger partial charge in [0.05, 0.1) is 14.5 Å². The van der Waals surface area contributed by atoms with Crippen LogP contribution in [0.1, 0.15) is 12.5 Å². The summed E-state index contributed by atoms with van der Waals surface area (Å²) >= 11 is 10.0. The average molecular weight is 403 g/mol. The molecule has 15 heavy (non-hydrogen) atoms. The number of phenolic OH excluding ortho intramolecular Hbond substituents is 1. The van der Waals surface area contributed by atoms with Crippen molar-refractivity contribution in [1.29, 1.82) is 0 Å². The van der Waals surface area contributed by atoms with Gasteiger partial charge in [0, 0.05) is 12.4 Å². The summed E-state index contributed by atoms with van der Waals surface area (Å²) in [5.74, 6) is 0.201. The number of aromatic hydroxyl groups is 1. The first-order chi connectivity index (χ1) is 6.94. The third-order valence-electron chi connectivity index (χ3n) is 2.33. The topological polar surface area (TPSA) is 29.5 Å². The molecule has 84 valence electrons. The van der Waals surface area contributed by atoms with Gasteiger partial charge in [-0.15, -0.1) is 0 Å². The number of hydrogen-bond acceptors (Lipinski definition) is 2. The van der Waals surface area contributed by atoms with E-state index in [4.69, 9.17) is 4.74 Å². The van der Waals surface area contributed by atoms with E-state index >= 15 is 0 Å². The van der Waals surface area contributed by atoms with Crippen LogP contribution in [0.15, 0.2) is 21.1 Å². The molecule has 1 aromatic rings. The van der Waals surface area contributed by atoms with Gasteiger partial charge in [0.2, 0.25) is 0 Å². The first-order valence-electron chi connectivity index (χ1n) is 4.24. The van der Waals surface area contributed by atoms with Gasteiger partial charge in [-0.05, 0) is 56.5 Å². The summed E-state index contributed by atoms with van der Waals surface area (Å²) in [6.07, 6.45) is 0. The van der Waals surface area contributed by atoms with Crippen molar-refractivity contribution in [1.82, 2.24) is 0 Å². The highest BCUT2D eigenvalue weighted by Gasteiger charge is 2.26. The molecule has 0 radical (unpaired) electrons. The standard InChI is InChI=1S/C10H11Br3O2/c1-10(5-11,15-2)6-3-7(12)9(14)8(13)4-6/h3-4,14H,5H2,1-2H3. The Kier molecular flexibility index (Phi) is 4.64. The smallest absolute Gasteiger partial charge is 0.143 e. The van der Waals surface area contributed by atoms with Gasteiger partial charge in [0.15, 0.2) is 0 Å². The van der Waals surface area contributed by atoms with Crippen LogP contribution in [0.3, 0.4) is 0 Å². The fourth-order valence-electron chi connectivity index (χ4n) is 1.12. The summed E-state index contributed by atoms with van der Waals surface area (Å²) in [6.45, 7) is 1.98. The minimum atomic E-state index is -0.404. The Morgan fingerprint density at radius 3 is 2.13 bits per heavy atom. The fourth-order valence-corrected chi connectivity index (χ4v) is 2.86. The monoisotopic (exact) mass is 400 g/mol. The lowest BCUT2D eigenvalue weighted by Crippen LogP contribution is -2.26. The maximum atomic E-state index is 9.60. The van der Waals surface area contributed by atoms with Gasteiger partial charge in [-0.25, -0.2) is 0 Å². The van der Waals surface area contributed by atoms with Crippen LogP contribution in [0.2, 0.25) is 0 Å². The van der Waals surface area contributed by atoms with E-state index in [0.717, 1.165) is 5.56 Å². The number of phenols is 1. The lowest BCUT2D eigenvalue weighted by atomic mass is 9.98. The highest BCUT2D eigenvalue weighted by molar-refractivity contribution is 9.11. The summed E-state index contributed by atoms with van der Waals surface area (Å²) in [6, 6.07) is 3.70. The zero-order valence-corrected chi connectivity index (χ0v) is 13.1. The highest BCUT2D eigenvalue weighted by Crippen LogP contribution is 2.38. The number of rotatable bonds is 3. The largest absolute Gasteiger partial charge is 0.506 e. The molecule has 5 heteroatoms. The zero-order chi connectivity index (χ0) is 11.6. The van der Waals surface area contributed by atoms with Crippen molar-refractivity contribution in [2.24, 2.45) is 0 Å². The molecule has 0 heterocycles. The quantitative estimate of drug-likeness (QED) is 0.769. The van der Waals surface area contributed by atoms with Gasteiger partial charge < -0.3 is 9.84 Å². The van der Waals surface area contributed by atoms with E-state index in [1.54, 1.807) is 7.11 Å².